The molecular formula is C35H41N5O5. The number of benzene rings is 3. The van der Waals surface area contributed by atoms with Gasteiger partial charge in [0.15, 0.2) is 0 Å². The van der Waals surface area contributed by atoms with E-state index in [2.05, 4.69) is 15.7 Å². The number of para-hydroxylation sites is 1. The third-order valence-electron chi connectivity index (χ3n) is 7.57. The first-order valence-corrected chi connectivity index (χ1v) is 15.4. The molecule has 0 radical (unpaired) electrons. The zero-order valence-electron chi connectivity index (χ0n) is 25.5. The number of hydrogen-bond acceptors (Lipinski definition) is 8. The standard InChI is InChI=1S/C35H41N5O5/c36-39-35-28-15-8-7-14-27(28)24-40(30-17-10-9-16-29(30)34(35)38-22-23-41)32(43)20-19-31(42)37-21-11-2-1-6-18-33(44)45-25-26-12-4-3-5-13-26/h3-5,7-10,12-17,36,38,41H,1-2,6,11,18-25H2,(H,37,42)/b35-34-,39-36?. The number of nitrogens with one attached hydrogen (secondary N) is 3. The lowest BCUT2D eigenvalue weighted by Crippen LogP contribution is -2.34. The van der Waals surface area contributed by atoms with Gasteiger partial charge < -0.3 is 25.4 Å². The molecule has 0 atom stereocenters. The van der Waals surface area contributed by atoms with Crippen LogP contribution < -0.4 is 15.5 Å². The Bertz CT molecular complexity index is 1490. The summed E-state index contributed by atoms with van der Waals surface area (Å²) in [4.78, 5) is 39.8. The lowest BCUT2D eigenvalue weighted by molar-refractivity contribution is -0.145. The van der Waals surface area contributed by atoms with Crippen molar-refractivity contribution in [3.63, 3.8) is 0 Å². The normalized spacial score (nSPS) is 13.9. The van der Waals surface area contributed by atoms with Crippen molar-refractivity contribution in [2.45, 2.75) is 58.1 Å². The summed E-state index contributed by atoms with van der Waals surface area (Å²) in [6, 6.07) is 24.5. The third kappa shape index (κ3) is 9.58. The van der Waals surface area contributed by atoms with Gasteiger partial charge in [-0.05, 0) is 30.0 Å². The minimum Gasteiger partial charge on any atom is -0.461 e. The number of carbonyl (C=O) groups excluding carboxylic acids is 3. The Kier molecular flexibility index (Phi) is 12.8. The van der Waals surface area contributed by atoms with E-state index in [4.69, 9.17) is 10.3 Å². The second-order valence-corrected chi connectivity index (χ2v) is 10.8. The van der Waals surface area contributed by atoms with Gasteiger partial charge in [-0.1, -0.05) is 85.6 Å². The lowest BCUT2D eigenvalue weighted by atomic mass is 9.95. The number of unbranched alkanes of at least 4 members (excludes halogenated alkanes) is 3. The molecule has 2 amide bonds. The first-order valence-electron chi connectivity index (χ1n) is 15.4. The van der Waals surface area contributed by atoms with Crippen LogP contribution >= 0.6 is 0 Å². The van der Waals surface area contributed by atoms with E-state index in [1.54, 1.807) is 4.90 Å². The molecule has 0 fully saturated rings. The summed E-state index contributed by atoms with van der Waals surface area (Å²) < 4.78 is 5.30. The van der Waals surface area contributed by atoms with Crippen LogP contribution in [0.5, 0.6) is 0 Å². The van der Waals surface area contributed by atoms with E-state index in [0.29, 0.717) is 35.6 Å². The summed E-state index contributed by atoms with van der Waals surface area (Å²) in [6.45, 7) is 1.20. The van der Waals surface area contributed by atoms with Crippen LogP contribution in [-0.2, 0) is 32.3 Å². The van der Waals surface area contributed by atoms with Crippen LogP contribution in [-0.4, -0.2) is 42.6 Å². The van der Waals surface area contributed by atoms with E-state index < -0.39 is 0 Å². The summed E-state index contributed by atoms with van der Waals surface area (Å²) in [5.41, 5.74) is 12.8. The number of aliphatic hydroxyl groups excluding tert-OH is 1. The Morgan fingerprint density at radius 2 is 1.53 bits per heavy atom. The average molecular weight is 612 g/mol. The van der Waals surface area contributed by atoms with Gasteiger partial charge in [0.25, 0.3) is 0 Å². The van der Waals surface area contributed by atoms with Crippen molar-refractivity contribution >= 4 is 34.9 Å². The molecule has 0 bridgehead atoms. The van der Waals surface area contributed by atoms with E-state index in [0.717, 1.165) is 42.4 Å². The highest BCUT2D eigenvalue weighted by molar-refractivity contribution is 6.02. The Morgan fingerprint density at radius 1 is 0.822 bits per heavy atom. The van der Waals surface area contributed by atoms with Crippen molar-refractivity contribution in [2.75, 3.05) is 24.6 Å². The van der Waals surface area contributed by atoms with E-state index in [-0.39, 0.29) is 56.9 Å². The zero-order valence-corrected chi connectivity index (χ0v) is 25.5. The highest BCUT2D eigenvalue weighted by atomic mass is 16.5. The molecule has 236 valence electrons. The topological polar surface area (TPSA) is 144 Å². The highest BCUT2D eigenvalue weighted by Crippen LogP contribution is 2.37. The first-order chi connectivity index (χ1) is 22.0. The Balaban J connectivity index is 1.26. The zero-order chi connectivity index (χ0) is 31.9. The quantitative estimate of drug-likeness (QED) is 0.0948. The Hall–Kier alpha value is -4.83. The average Bonchev–Trinajstić information content (AvgIpc) is 3.06. The summed E-state index contributed by atoms with van der Waals surface area (Å²) in [7, 11) is 0. The summed E-state index contributed by atoms with van der Waals surface area (Å²) >= 11 is 0. The van der Waals surface area contributed by atoms with Crippen molar-refractivity contribution in [3.05, 3.63) is 101 Å². The van der Waals surface area contributed by atoms with Crippen LogP contribution in [0.15, 0.2) is 84.0 Å². The van der Waals surface area contributed by atoms with Crippen molar-refractivity contribution in [1.29, 1.82) is 5.53 Å². The van der Waals surface area contributed by atoms with Crippen molar-refractivity contribution in [1.82, 2.24) is 10.6 Å². The molecule has 4 rings (SSSR count). The predicted molar refractivity (Wildman–Crippen MR) is 173 cm³/mol. The number of ether oxygens (including phenoxy) is 1. The van der Waals surface area contributed by atoms with Crippen LogP contribution in [0.3, 0.4) is 0 Å². The van der Waals surface area contributed by atoms with Gasteiger partial charge in [0.1, 0.15) is 12.3 Å². The smallest absolute Gasteiger partial charge is 0.306 e. The predicted octanol–water partition coefficient (Wildman–Crippen LogP) is 5.56. The Morgan fingerprint density at radius 3 is 2.31 bits per heavy atom. The molecule has 0 aromatic heterocycles. The lowest BCUT2D eigenvalue weighted by Gasteiger charge is -2.30. The number of aliphatic hydroxyl groups is 1. The van der Waals surface area contributed by atoms with Crippen LogP contribution in [0.4, 0.5) is 5.69 Å². The number of hydrogen-bond donors (Lipinski definition) is 4. The fourth-order valence-electron chi connectivity index (χ4n) is 5.26. The molecule has 0 spiro atoms. The molecule has 3 aromatic carbocycles. The maximum Gasteiger partial charge on any atom is 0.306 e. The van der Waals surface area contributed by atoms with Gasteiger partial charge in [0.05, 0.1) is 24.5 Å². The molecular weight excluding hydrogens is 570 g/mol. The number of rotatable bonds is 16. The van der Waals surface area contributed by atoms with Crippen LogP contribution in [0.1, 0.15) is 67.2 Å². The second-order valence-electron chi connectivity index (χ2n) is 10.8. The Labute approximate surface area is 264 Å². The van der Waals surface area contributed by atoms with Gasteiger partial charge in [-0.25, -0.2) is 5.53 Å². The number of nitrogens with zero attached hydrogens (tertiary/aromatic N) is 2. The molecule has 0 saturated heterocycles. The molecule has 10 nitrogen and oxygen atoms in total. The van der Waals surface area contributed by atoms with E-state index in [1.807, 2.05) is 78.9 Å². The monoisotopic (exact) mass is 611 g/mol. The summed E-state index contributed by atoms with van der Waals surface area (Å²) in [6.07, 6.45) is 3.73. The fourth-order valence-corrected chi connectivity index (χ4v) is 5.26. The van der Waals surface area contributed by atoms with E-state index in [9.17, 15) is 19.5 Å². The third-order valence-corrected chi connectivity index (χ3v) is 7.57. The molecule has 45 heavy (non-hydrogen) atoms. The summed E-state index contributed by atoms with van der Waals surface area (Å²) in [5, 5.41) is 19.4. The number of amides is 2. The second kappa shape index (κ2) is 17.5. The molecule has 1 heterocycles. The number of anilines is 1. The van der Waals surface area contributed by atoms with Gasteiger partial charge >= 0.3 is 5.97 Å². The van der Waals surface area contributed by atoms with Gasteiger partial charge in [-0.15, -0.1) is 0 Å². The number of carbonyl (C=O) groups is 3. The molecule has 0 aliphatic carbocycles. The van der Waals surface area contributed by atoms with Gasteiger partial charge in [-0.2, -0.15) is 5.11 Å². The van der Waals surface area contributed by atoms with Crippen LogP contribution in [0.25, 0.3) is 11.4 Å². The SMILES string of the molecule is N=N/C1=C(\NCCO)c2ccccc2N(C(=O)CCC(=O)NCCCCCCC(=O)OCc2ccccc2)Cc2ccccc21. The maximum absolute atomic E-state index is 13.6. The van der Waals surface area contributed by atoms with Crippen LogP contribution in [0.2, 0.25) is 0 Å². The van der Waals surface area contributed by atoms with Crippen molar-refractivity contribution < 1.29 is 24.2 Å². The van der Waals surface area contributed by atoms with E-state index in [1.165, 1.54) is 0 Å². The molecule has 10 heteroatoms. The number of esters is 1. The minimum atomic E-state index is -0.205. The highest BCUT2D eigenvalue weighted by Gasteiger charge is 2.27. The fraction of sp³-hybridized carbons (Fsp3) is 0.343. The van der Waals surface area contributed by atoms with Gasteiger partial charge in [0, 0.05) is 43.5 Å². The van der Waals surface area contributed by atoms with Crippen LogP contribution in [0, 0.1) is 5.53 Å². The molecule has 4 N–H and O–H groups in total. The maximum atomic E-state index is 13.6. The molecule has 1 aliphatic rings. The number of fused-ring (bicyclic) bond motifs is 2. The molecule has 3 aromatic rings. The largest absolute Gasteiger partial charge is 0.461 e. The minimum absolute atomic E-state index is 0.0339. The molecule has 0 unspecified atom stereocenters. The van der Waals surface area contributed by atoms with Gasteiger partial charge in [-0.3, -0.25) is 14.4 Å². The summed E-state index contributed by atoms with van der Waals surface area (Å²) in [5.74, 6) is -0.586. The first kappa shape index (κ1) is 33.1. The molecule has 0 saturated carbocycles. The molecule has 1 aliphatic heterocycles. The van der Waals surface area contributed by atoms with E-state index >= 15 is 0 Å². The van der Waals surface area contributed by atoms with Gasteiger partial charge in [0.2, 0.25) is 11.8 Å². The van der Waals surface area contributed by atoms with Crippen molar-refractivity contribution in [2.24, 2.45) is 5.11 Å². The van der Waals surface area contributed by atoms with Crippen molar-refractivity contribution in [3.8, 4) is 0 Å².